The third-order valence-corrected chi connectivity index (χ3v) is 4.79. The Hall–Kier alpha value is -2.89. The molecule has 26 heavy (non-hydrogen) atoms. The van der Waals surface area contributed by atoms with Crippen molar-refractivity contribution in [3.8, 4) is 0 Å². The summed E-state index contributed by atoms with van der Waals surface area (Å²) >= 11 is 0. The van der Waals surface area contributed by atoms with Gasteiger partial charge < -0.3 is 9.84 Å². The molecule has 0 saturated carbocycles. The van der Waals surface area contributed by atoms with E-state index in [2.05, 4.69) is 45.6 Å². The Bertz CT molecular complexity index is 1020. The summed E-state index contributed by atoms with van der Waals surface area (Å²) in [6.07, 6.45) is 6.62. The normalized spacial score (nSPS) is 12.7. The number of benzene rings is 1. The molecule has 6 nitrogen and oxygen atoms in total. The van der Waals surface area contributed by atoms with Crippen LogP contribution in [-0.2, 0) is 0 Å². The fourth-order valence-electron chi connectivity index (χ4n) is 3.30. The molecule has 2 N–H and O–H groups in total. The summed E-state index contributed by atoms with van der Waals surface area (Å²) in [4.78, 5) is 4.37. The van der Waals surface area contributed by atoms with Crippen LogP contribution in [0.25, 0.3) is 22.0 Å². The summed E-state index contributed by atoms with van der Waals surface area (Å²) in [5.41, 5.74) is 4.46. The third-order valence-electron chi connectivity index (χ3n) is 4.79. The van der Waals surface area contributed by atoms with Crippen LogP contribution in [0, 0.1) is 0 Å². The maximum absolute atomic E-state index is 5.59. The van der Waals surface area contributed by atoms with Crippen LogP contribution < -0.4 is 5.32 Å². The number of nitrogens with zero attached hydrogens (tertiary/aromatic N) is 3. The van der Waals surface area contributed by atoms with Crippen molar-refractivity contribution >= 4 is 33.5 Å². The quantitative estimate of drug-likeness (QED) is 0.429. The molecular weight excluding hydrogens is 326 g/mol. The van der Waals surface area contributed by atoms with Crippen molar-refractivity contribution in [3.05, 3.63) is 42.2 Å². The molecule has 0 amide bonds. The highest BCUT2D eigenvalue weighted by molar-refractivity contribution is 5.89. The van der Waals surface area contributed by atoms with Crippen molar-refractivity contribution < 1.29 is 4.52 Å². The lowest BCUT2D eigenvalue weighted by atomic mass is 9.97. The Kier molecular flexibility index (Phi) is 4.56. The molecule has 1 aromatic carbocycles. The first-order valence-electron chi connectivity index (χ1n) is 9.21. The fourth-order valence-corrected chi connectivity index (χ4v) is 3.30. The number of H-pyrrole nitrogens is 1. The van der Waals surface area contributed by atoms with Gasteiger partial charge in [-0.05, 0) is 30.7 Å². The van der Waals surface area contributed by atoms with Gasteiger partial charge in [0.2, 0.25) is 0 Å². The molecule has 0 aliphatic rings. The van der Waals surface area contributed by atoms with Gasteiger partial charge in [-0.25, -0.2) is 0 Å². The zero-order valence-corrected chi connectivity index (χ0v) is 15.1. The summed E-state index contributed by atoms with van der Waals surface area (Å²) in [6.45, 7) is 4.45. The van der Waals surface area contributed by atoms with Gasteiger partial charge in [-0.15, -0.1) is 0 Å². The average molecular weight is 349 g/mol. The van der Waals surface area contributed by atoms with Crippen molar-refractivity contribution in [2.24, 2.45) is 0 Å². The lowest BCUT2D eigenvalue weighted by Gasteiger charge is -2.08. The summed E-state index contributed by atoms with van der Waals surface area (Å²) in [7, 11) is 0. The Balaban J connectivity index is 1.57. The highest BCUT2D eigenvalue weighted by Gasteiger charge is 2.16. The first kappa shape index (κ1) is 16.6. The van der Waals surface area contributed by atoms with E-state index in [4.69, 9.17) is 4.52 Å². The number of aromatic nitrogens is 4. The van der Waals surface area contributed by atoms with Crippen molar-refractivity contribution in [1.29, 1.82) is 0 Å². The Morgan fingerprint density at radius 3 is 3.04 bits per heavy atom. The molecule has 0 spiro atoms. The van der Waals surface area contributed by atoms with Crippen LogP contribution in [0.2, 0.25) is 0 Å². The number of hydrogen-bond donors (Lipinski definition) is 2. The average Bonchev–Trinajstić information content (AvgIpc) is 3.26. The van der Waals surface area contributed by atoms with Gasteiger partial charge in [0.25, 0.3) is 0 Å². The van der Waals surface area contributed by atoms with Gasteiger partial charge in [-0.2, -0.15) is 5.10 Å². The van der Waals surface area contributed by atoms with Crippen LogP contribution in [0.3, 0.4) is 0 Å². The van der Waals surface area contributed by atoms with Crippen molar-refractivity contribution in [2.75, 3.05) is 5.32 Å². The van der Waals surface area contributed by atoms with E-state index < -0.39 is 0 Å². The Labute approximate surface area is 152 Å². The second kappa shape index (κ2) is 7.15. The largest absolute Gasteiger partial charge is 0.356 e. The first-order valence-corrected chi connectivity index (χ1v) is 9.21. The first-order chi connectivity index (χ1) is 12.8. The van der Waals surface area contributed by atoms with Crippen LogP contribution in [0.15, 0.2) is 41.1 Å². The zero-order valence-electron chi connectivity index (χ0n) is 15.1. The summed E-state index contributed by atoms with van der Waals surface area (Å²) < 4.78 is 5.59. The molecule has 4 aromatic rings. The number of unbranched alkanes of at least 4 members (excludes halogenated alkanes) is 2. The third kappa shape index (κ3) is 3.14. The SMILES string of the molecule is CCCCCC(C)c1noc2cc(Nc3n[nH]c4cccnc34)ccc12. The Morgan fingerprint density at radius 2 is 2.15 bits per heavy atom. The van der Waals surface area contributed by atoms with E-state index in [1.54, 1.807) is 6.20 Å². The number of nitrogens with one attached hydrogen (secondary N) is 2. The molecule has 6 heteroatoms. The molecule has 0 bridgehead atoms. The summed E-state index contributed by atoms with van der Waals surface area (Å²) in [5.74, 6) is 1.11. The summed E-state index contributed by atoms with van der Waals surface area (Å²) in [6, 6.07) is 9.90. The molecule has 0 saturated heterocycles. The molecule has 1 atom stereocenters. The molecule has 3 heterocycles. The Morgan fingerprint density at radius 1 is 1.23 bits per heavy atom. The highest BCUT2D eigenvalue weighted by Crippen LogP contribution is 2.31. The van der Waals surface area contributed by atoms with Gasteiger partial charge in [0.05, 0.1) is 11.2 Å². The standard InChI is InChI=1S/C20H23N5O/c1-3-4-5-7-13(2)18-15-10-9-14(12-17(15)26-25-18)22-20-19-16(23-24-20)8-6-11-21-19/h6,8-13H,3-5,7H2,1-2H3,(H2,22,23,24). The fraction of sp³-hybridized carbons (Fsp3) is 0.350. The van der Waals surface area contributed by atoms with Gasteiger partial charge in [-0.1, -0.05) is 38.3 Å². The number of hydrogen-bond acceptors (Lipinski definition) is 5. The molecule has 0 aliphatic carbocycles. The maximum Gasteiger partial charge on any atom is 0.178 e. The minimum absolute atomic E-state index is 0.404. The number of fused-ring (bicyclic) bond motifs is 2. The molecule has 0 aliphatic heterocycles. The monoisotopic (exact) mass is 349 g/mol. The maximum atomic E-state index is 5.59. The van der Waals surface area contributed by atoms with E-state index in [0.717, 1.165) is 39.8 Å². The van der Waals surface area contributed by atoms with Crippen LogP contribution in [0.4, 0.5) is 11.5 Å². The van der Waals surface area contributed by atoms with Gasteiger partial charge >= 0.3 is 0 Å². The van der Waals surface area contributed by atoms with Gasteiger partial charge in [0, 0.05) is 29.3 Å². The summed E-state index contributed by atoms with van der Waals surface area (Å²) in [5, 5.41) is 16.0. The predicted octanol–water partition coefficient (Wildman–Crippen LogP) is 5.53. The van der Waals surface area contributed by atoms with Crippen LogP contribution in [-0.4, -0.2) is 20.3 Å². The van der Waals surface area contributed by atoms with E-state index in [9.17, 15) is 0 Å². The smallest absolute Gasteiger partial charge is 0.178 e. The molecule has 0 radical (unpaired) electrons. The van der Waals surface area contributed by atoms with Crippen molar-refractivity contribution in [2.45, 2.75) is 45.4 Å². The predicted molar refractivity (Wildman–Crippen MR) is 104 cm³/mol. The molecule has 3 aromatic heterocycles. The van der Waals surface area contributed by atoms with E-state index in [1.165, 1.54) is 19.3 Å². The zero-order chi connectivity index (χ0) is 17.9. The topological polar surface area (TPSA) is 79.6 Å². The lowest BCUT2D eigenvalue weighted by molar-refractivity contribution is 0.434. The van der Waals surface area contributed by atoms with Crippen LogP contribution >= 0.6 is 0 Å². The molecule has 4 rings (SSSR count). The van der Waals surface area contributed by atoms with E-state index in [-0.39, 0.29) is 0 Å². The van der Waals surface area contributed by atoms with Crippen LogP contribution in [0.1, 0.15) is 51.1 Å². The molecule has 0 fully saturated rings. The van der Waals surface area contributed by atoms with Crippen LogP contribution in [0.5, 0.6) is 0 Å². The number of pyridine rings is 1. The van der Waals surface area contributed by atoms with E-state index >= 15 is 0 Å². The molecule has 134 valence electrons. The minimum atomic E-state index is 0.404. The second-order valence-corrected chi connectivity index (χ2v) is 6.77. The number of aromatic amines is 1. The van der Waals surface area contributed by atoms with E-state index in [0.29, 0.717) is 11.7 Å². The molecule has 1 unspecified atom stereocenters. The van der Waals surface area contributed by atoms with E-state index in [1.807, 2.05) is 24.3 Å². The van der Waals surface area contributed by atoms with Gasteiger partial charge in [0.15, 0.2) is 11.4 Å². The highest BCUT2D eigenvalue weighted by atomic mass is 16.5. The second-order valence-electron chi connectivity index (χ2n) is 6.77. The number of rotatable bonds is 7. The van der Waals surface area contributed by atoms with Gasteiger partial charge in [0.1, 0.15) is 5.52 Å². The van der Waals surface area contributed by atoms with Gasteiger partial charge in [-0.3, -0.25) is 10.1 Å². The minimum Gasteiger partial charge on any atom is -0.356 e. The lowest BCUT2D eigenvalue weighted by Crippen LogP contribution is -1.95. The van der Waals surface area contributed by atoms with Crippen molar-refractivity contribution in [3.63, 3.8) is 0 Å². The number of anilines is 2. The molecular formula is C20H23N5O. The van der Waals surface area contributed by atoms with Crippen molar-refractivity contribution in [1.82, 2.24) is 20.3 Å².